The van der Waals surface area contributed by atoms with Crippen LogP contribution in [-0.2, 0) is 14.3 Å². The van der Waals surface area contributed by atoms with E-state index in [1.54, 1.807) is 29.8 Å². The number of carbonyl (C=O) groups excluding carboxylic acids is 2. The highest BCUT2D eigenvalue weighted by molar-refractivity contribution is 6.35. The number of anilines is 1. The highest BCUT2D eigenvalue weighted by Gasteiger charge is 2.16. The summed E-state index contributed by atoms with van der Waals surface area (Å²) in [5.74, 6) is -1.12. The van der Waals surface area contributed by atoms with Crippen LogP contribution in [0.5, 0.6) is 0 Å². The Hall–Kier alpha value is -3.09. The molecule has 0 bridgehead atoms. The van der Waals surface area contributed by atoms with E-state index in [4.69, 9.17) is 27.9 Å². The number of hydrogen-bond donors (Lipinski definition) is 1. The first kappa shape index (κ1) is 21.6. The largest absolute Gasteiger partial charge is 0.452 e. The van der Waals surface area contributed by atoms with Gasteiger partial charge in [0, 0.05) is 16.1 Å². The van der Waals surface area contributed by atoms with E-state index in [-0.39, 0.29) is 0 Å². The molecule has 1 aromatic heterocycles. The van der Waals surface area contributed by atoms with Crippen LogP contribution in [0.25, 0.3) is 11.8 Å². The number of hydrogen-bond acceptors (Lipinski definition) is 4. The Bertz CT molecular complexity index is 1110. The Kier molecular flexibility index (Phi) is 6.92. The Morgan fingerprint density at radius 3 is 2.57 bits per heavy atom. The molecule has 2 aromatic carbocycles. The van der Waals surface area contributed by atoms with E-state index in [1.807, 2.05) is 37.3 Å². The summed E-state index contributed by atoms with van der Waals surface area (Å²) in [7, 11) is 0. The van der Waals surface area contributed by atoms with Gasteiger partial charge in [-0.2, -0.15) is 5.10 Å². The summed E-state index contributed by atoms with van der Waals surface area (Å²) >= 11 is 11.9. The molecule has 0 aliphatic rings. The van der Waals surface area contributed by atoms with E-state index in [9.17, 15) is 9.59 Å². The van der Waals surface area contributed by atoms with Crippen molar-refractivity contribution in [1.82, 2.24) is 9.78 Å². The zero-order chi connectivity index (χ0) is 21.7. The molecule has 0 saturated heterocycles. The van der Waals surface area contributed by atoms with E-state index < -0.39 is 18.5 Å². The number of para-hydroxylation sites is 1. The molecule has 154 valence electrons. The Morgan fingerprint density at radius 1 is 1.13 bits per heavy atom. The number of benzene rings is 2. The molecule has 0 unspecified atom stereocenters. The highest BCUT2D eigenvalue weighted by Crippen LogP contribution is 2.23. The van der Waals surface area contributed by atoms with Gasteiger partial charge in [0.25, 0.3) is 5.91 Å². The summed E-state index contributed by atoms with van der Waals surface area (Å²) in [5.41, 5.74) is 3.52. The van der Waals surface area contributed by atoms with E-state index in [2.05, 4.69) is 10.4 Å². The van der Waals surface area contributed by atoms with Crippen molar-refractivity contribution < 1.29 is 14.3 Å². The third kappa shape index (κ3) is 5.28. The molecule has 0 saturated carbocycles. The number of halogens is 2. The predicted molar refractivity (Wildman–Crippen MR) is 118 cm³/mol. The van der Waals surface area contributed by atoms with E-state index in [0.717, 1.165) is 11.4 Å². The molecular formula is C22H19Cl2N3O3. The van der Waals surface area contributed by atoms with Gasteiger partial charge in [0.2, 0.25) is 0 Å². The van der Waals surface area contributed by atoms with Gasteiger partial charge in [-0.25, -0.2) is 9.48 Å². The lowest BCUT2D eigenvalue weighted by Crippen LogP contribution is -2.20. The molecule has 0 aliphatic heterocycles. The van der Waals surface area contributed by atoms with Crippen LogP contribution in [0.4, 0.5) is 5.69 Å². The highest BCUT2D eigenvalue weighted by atomic mass is 35.5. The number of aryl methyl sites for hydroxylation is 1. The maximum atomic E-state index is 12.2. The van der Waals surface area contributed by atoms with Gasteiger partial charge in [0.05, 0.1) is 22.8 Å². The predicted octanol–water partition coefficient (Wildman–Crippen LogP) is 4.99. The molecule has 1 heterocycles. The molecule has 0 spiro atoms. The minimum atomic E-state index is -0.662. The van der Waals surface area contributed by atoms with Gasteiger partial charge < -0.3 is 10.1 Å². The summed E-state index contributed by atoms with van der Waals surface area (Å²) in [6.45, 7) is 3.23. The number of amides is 1. The first-order chi connectivity index (χ1) is 14.3. The molecular weight excluding hydrogens is 425 g/mol. The third-order valence-electron chi connectivity index (χ3n) is 4.26. The number of rotatable bonds is 6. The third-order valence-corrected chi connectivity index (χ3v) is 4.83. The van der Waals surface area contributed by atoms with Crippen LogP contribution in [0, 0.1) is 13.8 Å². The van der Waals surface area contributed by atoms with Gasteiger partial charge in [-0.1, -0.05) is 47.5 Å². The molecule has 3 rings (SSSR count). The summed E-state index contributed by atoms with van der Waals surface area (Å²) in [6.07, 6.45) is 2.70. The summed E-state index contributed by atoms with van der Waals surface area (Å²) in [4.78, 5) is 24.1. The fraction of sp³-hybridized carbons (Fsp3) is 0.136. The van der Waals surface area contributed by atoms with Crippen molar-refractivity contribution in [1.29, 1.82) is 0 Å². The van der Waals surface area contributed by atoms with E-state index in [1.165, 1.54) is 12.2 Å². The van der Waals surface area contributed by atoms with Gasteiger partial charge in [-0.05, 0) is 49.8 Å². The normalized spacial score (nSPS) is 10.9. The number of carbonyl (C=O) groups is 2. The zero-order valence-electron chi connectivity index (χ0n) is 16.4. The van der Waals surface area contributed by atoms with Gasteiger partial charge in [0.1, 0.15) is 0 Å². The molecule has 6 nitrogen and oxygen atoms in total. The minimum absolute atomic E-state index is 0.408. The first-order valence-electron chi connectivity index (χ1n) is 9.06. The second kappa shape index (κ2) is 9.61. The van der Waals surface area contributed by atoms with Crippen molar-refractivity contribution in [3.8, 4) is 5.69 Å². The number of esters is 1. The average Bonchev–Trinajstić information content (AvgIpc) is 3.00. The van der Waals surface area contributed by atoms with Crippen molar-refractivity contribution in [3.05, 3.63) is 81.6 Å². The van der Waals surface area contributed by atoms with Gasteiger partial charge in [0.15, 0.2) is 6.61 Å². The maximum Gasteiger partial charge on any atom is 0.331 e. The number of nitrogens with zero attached hydrogens (tertiary/aromatic N) is 2. The fourth-order valence-electron chi connectivity index (χ4n) is 2.80. The summed E-state index contributed by atoms with van der Waals surface area (Å²) < 4.78 is 6.74. The van der Waals surface area contributed by atoms with Crippen LogP contribution in [0.1, 0.15) is 17.0 Å². The minimum Gasteiger partial charge on any atom is -0.452 e. The molecule has 0 radical (unpaired) electrons. The van der Waals surface area contributed by atoms with E-state index in [0.29, 0.717) is 27.0 Å². The molecule has 8 heteroatoms. The standard InChI is InChI=1S/C22H19Cl2N3O3/c1-14-22(15(2)27(26-14)18-6-4-3-5-7-18)25-20(28)13-30-21(29)11-9-16-8-10-17(23)12-19(16)24/h3-12H,13H2,1-2H3,(H,25,28)/b11-9+. The van der Waals surface area contributed by atoms with Crippen LogP contribution in [0.3, 0.4) is 0 Å². The van der Waals surface area contributed by atoms with Crippen molar-refractivity contribution >= 4 is 46.8 Å². The zero-order valence-corrected chi connectivity index (χ0v) is 17.9. The van der Waals surface area contributed by atoms with E-state index >= 15 is 0 Å². The van der Waals surface area contributed by atoms with Crippen LogP contribution < -0.4 is 5.32 Å². The summed E-state index contributed by atoms with van der Waals surface area (Å²) in [6, 6.07) is 14.5. The van der Waals surface area contributed by atoms with Crippen LogP contribution in [0.2, 0.25) is 10.0 Å². The van der Waals surface area contributed by atoms with Crippen molar-refractivity contribution in [3.63, 3.8) is 0 Å². The first-order valence-corrected chi connectivity index (χ1v) is 9.82. The SMILES string of the molecule is Cc1nn(-c2ccccc2)c(C)c1NC(=O)COC(=O)/C=C/c1ccc(Cl)cc1Cl. The lowest BCUT2D eigenvalue weighted by Gasteiger charge is -2.07. The maximum absolute atomic E-state index is 12.2. The number of nitrogens with one attached hydrogen (secondary N) is 1. The number of aromatic nitrogens is 2. The van der Waals surface area contributed by atoms with Crippen LogP contribution in [0.15, 0.2) is 54.6 Å². The molecule has 0 fully saturated rings. The van der Waals surface area contributed by atoms with Gasteiger partial charge in [-0.15, -0.1) is 0 Å². The monoisotopic (exact) mass is 443 g/mol. The average molecular weight is 444 g/mol. The Balaban J connectivity index is 1.59. The molecule has 0 aliphatic carbocycles. The summed E-state index contributed by atoms with van der Waals surface area (Å²) in [5, 5.41) is 8.13. The Morgan fingerprint density at radius 2 is 1.87 bits per heavy atom. The molecule has 3 aromatic rings. The van der Waals surface area contributed by atoms with Gasteiger partial charge >= 0.3 is 5.97 Å². The Labute approximate surface area is 184 Å². The second-order valence-electron chi connectivity index (χ2n) is 6.45. The quantitative estimate of drug-likeness (QED) is 0.430. The second-order valence-corrected chi connectivity index (χ2v) is 7.29. The molecule has 0 atom stereocenters. The lowest BCUT2D eigenvalue weighted by molar-refractivity contribution is -0.142. The van der Waals surface area contributed by atoms with Crippen molar-refractivity contribution in [2.45, 2.75) is 13.8 Å². The topological polar surface area (TPSA) is 73.2 Å². The number of ether oxygens (including phenoxy) is 1. The molecule has 1 amide bonds. The van der Waals surface area contributed by atoms with Gasteiger partial charge in [-0.3, -0.25) is 4.79 Å². The van der Waals surface area contributed by atoms with Crippen molar-refractivity contribution in [2.24, 2.45) is 0 Å². The van der Waals surface area contributed by atoms with Crippen LogP contribution in [-0.4, -0.2) is 28.3 Å². The van der Waals surface area contributed by atoms with Crippen LogP contribution >= 0.6 is 23.2 Å². The molecule has 30 heavy (non-hydrogen) atoms. The lowest BCUT2D eigenvalue weighted by atomic mass is 10.2. The fourth-order valence-corrected chi connectivity index (χ4v) is 3.27. The van der Waals surface area contributed by atoms with Crippen molar-refractivity contribution in [2.75, 3.05) is 11.9 Å². The smallest absolute Gasteiger partial charge is 0.331 e. The molecule has 1 N–H and O–H groups in total.